The Morgan fingerprint density at radius 3 is 2.25 bits per heavy atom. The smallest absolute Gasteiger partial charge is 0.323 e. The summed E-state index contributed by atoms with van der Waals surface area (Å²) in [5.74, 6) is -3.53. The molecule has 0 radical (unpaired) electrons. The number of rotatable bonds is 15. The lowest BCUT2D eigenvalue weighted by Crippen LogP contribution is -2.10. The summed E-state index contributed by atoms with van der Waals surface area (Å²) < 4.78 is 54.3. The van der Waals surface area contributed by atoms with Crippen LogP contribution in [0.5, 0.6) is 11.5 Å². The largest absolute Gasteiger partial charge is 0.494 e. The molecule has 11 heteroatoms. The fourth-order valence-corrected chi connectivity index (χ4v) is 5.11. The molecule has 0 saturated carbocycles. The van der Waals surface area contributed by atoms with Crippen LogP contribution in [-0.2, 0) is 22.6 Å². The molecule has 4 rings (SSSR count). The van der Waals surface area contributed by atoms with Crippen LogP contribution in [0, 0.1) is 24.4 Å². The fraction of sp³-hybridized carbons (Fsp3) is 0.273. The van der Waals surface area contributed by atoms with Crippen LogP contribution < -0.4 is 9.47 Å². The molecular formula is C33H31ClF3NO6. The second-order valence-corrected chi connectivity index (χ2v) is 10.6. The van der Waals surface area contributed by atoms with Gasteiger partial charge < -0.3 is 24.3 Å². The molecule has 0 atom stereocenters. The van der Waals surface area contributed by atoms with Crippen molar-refractivity contribution < 1.29 is 42.4 Å². The maximum atomic E-state index is 14.7. The van der Waals surface area contributed by atoms with E-state index in [1.165, 1.54) is 12.1 Å². The molecule has 0 unspecified atom stereocenters. The van der Waals surface area contributed by atoms with Gasteiger partial charge in [0.1, 0.15) is 40.5 Å². The van der Waals surface area contributed by atoms with Gasteiger partial charge in [0.2, 0.25) is 0 Å². The lowest BCUT2D eigenvalue weighted by molar-refractivity contribution is -0.138. The highest BCUT2D eigenvalue weighted by atomic mass is 35.5. The van der Waals surface area contributed by atoms with Crippen LogP contribution in [0.4, 0.5) is 13.2 Å². The lowest BCUT2D eigenvalue weighted by Gasteiger charge is -2.10. The molecule has 0 aliphatic rings. The number of carboxylic acids is 2. The normalized spacial score (nSPS) is 11.4. The molecule has 3 aromatic carbocycles. The van der Waals surface area contributed by atoms with Gasteiger partial charge in [-0.15, -0.1) is 0 Å². The predicted octanol–water partition coefficient (Wildman–Crippen LogP) is 7.92. The average Bonchev–Trinajstić information content (AvgIpc) is 3.21. The van der Waals surface area contributed by atoms with E-state index in [4.69, 9.17) is 26.2 Å². The molecule has 1 heterocycles. The third-order valence-corrected chi connectivity index (χ3v) is 7.38. The first-order valence-corrected chi connectivity index (χ1v) is 14.3. The number of aliphatic carboxylic acids is 2. The molecule has 0 bridgehead atoms. The van der Waals surface area contributed by atoms with Crippen molar-refractivity contribution in [3.8, 4) is 11.5 Å². The summed E-state index contributed by atoms with van der Waals surface area (Å²) >= 11 is 5.79. The molecule has 2 N–H and O–H groups in total. The minimum absolute atomic E-state index is 0.0462. The Labute approximate surface area is 257 Å². The van der Waals surface area contributed by atoms with Crippen molar-refractivity contribution in [1.29, 1.82) is 0 Å². The summed E-state index contributed by atoms with van der Waals surface area (Å²) in [6.07, 6.45) is 5.38. The molecule has 0 amide bonds. The van der Waals surface area contributed by atoms with Crippen LogP contribution in [0.2, 0.25) is 5.02 Å². The maximum Gasteiger partial charge on any atom is 0.323 e. The molecule has 1 aromatic heterocycles. The van der Waals surface area contributed by atoms with E-state index in [1.54, 1.807) is 35.8 Å². The second kappa shape index (κ2) is 14.8. The van der Waals surface area contributed by atoms with Gasteiger partial charge in [-0.1, -0.05) is 35.9 Å². The van der Waals surface area contributed by atoms with Gasteiger partial charge in [-0.2, -0.15) is 0 Å². The number of benzene rings is 3. The van der Waals surface area contributed by atoms with Crippen LogP contribution in [0.15, 0.2) is 48.5 Å². The van der Waals surface area contributed by atoms with Crippen molar-refractivity contribution in [1.82, 2.24) is 4.57 Å². The Hall–Kier alpha value is -4.44. The fourth-order valence-electron chi connectivity index (χ4n) is 4.94. The van der Waals surface area contributed by atoms with Crippen molar-refractivity contribution in [2.45, 2.75) is 45.6 Å². The van der Waals surface area contributed by atoms with Gasteiger partial charge in [-0.05, 0) is 68.0 Å². The van der Waals surface area contributed by atoms with Gasteiger partial charge in [-0.3, -0.25) is 9.59 Å². The van der Waals surface area contributed by atoms with E-state index in [2.05, 4.69) is 0 Å². The highest BCUT2D eigenvalue weighted by Gasteiger charge is 2.19. The Bertz CT molecular complexity index is 1680. The van der Waals surface area contributed by atoms with Gasteiger partial charge in [0.05, 0.1) is 18.7 Å². The van der Waals surface area contributed by atoms with Crippen LogP contribution >= 0.6 is 11.6 Å². The zero-order valence-electron chi connectivity index (χ0n) is 23.9. The number of hydrogen-bond acceptors (Lipinski definition) is 4. The number of carbonyl (C=O) groups is 2. The van der Waals surface area contributed by atoms with Gasteiger partial charge in [-0.25, -0.2) is 13.2 Å². The zero-order valence-corrected chi connectivity index (χ0v) is 24.7. The first kappa shape index (κ1) is 32.5. The second-order valence-electron chi connectivity index (χ2n) is 10.2. The average molecular weight is 630 g/mol. The molecule has 0 aliphatic heterocycles. The minimum Gasteiger partial charge on any atom is -0.494 e. The third kappa shape index (κ3) is 8.35. The number of carboxylic acid groups (broad SMARTS) is 2. The molecule has 232 valence electrons. The summed E-state index contributed by atoms with van der Waals surface area (Å²) in [4.78, 5) is 22.7. The molecule has 0 saturated heterocycles. The molecule has 0 fully saturated rings. The molecule has 0 spiro atoms. The van der Waals surface area contributed by atoms with Crippen molar-refractivity contribution >= 4 is 46.6 Å². The quantitative estimate of drug-likeness (QED) is 0.0788. The SMILES string of the molecule is Cc1c(CCCC(=O)O)c2cc(F)cc(/C=C/c3ccc(OCCCCOc4cc(F)cc(F)c4Cl)cc3)c2n1CC(=O)O. The highest BCUT2D eigenvalue weighted by Crippen LogP contribution is 2.32. The first-order chi connectivity index (χ1) is 21.0. The van der Waals surface area contributed by atoms with Crippen LogP contribution in [0.3, 0.4) is 0 Å². The van der Waals surface area contributed by atoms with Crippen molar-refractivity contribution in [3.05, 3.63) is 93.4 Å². The number of ether oxygens (including phenoxy) is 2. The van der Waals surface area contributed by atoms with Gasteiger partial charge >= 0.3 is 11.9 Å². The van der Waals surface area contributed by atoms with E-state index in [1.807, 2.05) is 12.1 Å². The molecule has 0 aliphatic carbocycles. The van der Waals surface area contributed by atoms with Gasteiger partial charge in [0.15, 0.2) is 0 Å². The van der Waals surface area contributed by atoms with Gasteiger partial charge in [0.25, 0.3) is 0 Å². The molecule has 4 aromatic rings. The summed E-state index contributed by atoms with van der Waals surface area (Å²) in [7, 11) is 0. The molecule has 44 heavy (non-hydrogen) atoms. The lowest BCUT2D eigenvalue weighted by atomic mass is 10.0. The van der Waals surface area contributed by atoms with E-state index in [0.29, 0.717) is 66.3 Å². The Morgan fingerprint density at radius 1 is 0.886 bits per heavy atom. The van der Waals surface area contributed by atoms with Gasteiger partial charge in [0, 0.05) is 35.2 Å². The Kier molecular flexibility index (Phi) is 10.9. The highest BCUT2D eigenvalue weighted by molar-refractivity contribution is 6.32. The van der Waals surface area contributed by atoms with E-state index >= 15 is 0 Å². The predicted molar refractivity (Wildman–Crippen MR) is 162 cm³/mol. The number of aromatic nitrogens is 1. The van der Waals surface area contributed by atoms with E-state index in [9.17, 15) is 27.9 Å². The molecule has 7 nitrogen and oxygen atoms in total. The van der Waals surface area contributed by atoms with Crippen LogP contribution in [0.1, 0.15) is 48.1 Å². The summed E-state index contributed by atoms with van der Waals surface area (Å²) in [5.41, 5.74) is 3.27. The number of fused-ring (bicyclic) bond motifs is 1. The monoisotopic (exact) mass is 629 g/mol. The maximum absolute atomic E-state index is 14.7. The standard InChI is InChI=1S/C33H31ClF3NO6/c1-20-26(5-4-6-30(39)40)27-16-23(35)15-22(33(27)38(20)19-31(41)42)10-7-21-8-11-25(12-9-21)43-13-2-3-14-44-29-18-24(36)17-28(37)32(29)34/h7-12,15-18H,2-6,13-14,19H2,1H3,(H,39,40)(H,41,42)/b10-7+. The Morgan fingerprint density at radius 2 is 1.57 bits per heavy atom. The zero-order chi connectivity index (χ0) is 31.8. The number of hydrogen-bond donors (Lipinski definition) is 2. The van der Waals surface area contributed by atoms with Crippen LogP contribution in [-0.4, -0.2) is 39.9 Å². The number of aryl methyl sites for hydroxylation is 1. The van der Waals surface area contributed by atoms with Crippen molar-refractivity contribution in [2.75, 3.05) is 13.2 Å². The minimum atomic E-state index is -1.05. The first-order valence-electron chi connectivity index (χ1n) is 14.0. The molecular weight excluding hydrogens is 599 g/mol. The van der Waals surface area contributed by atoms with Crippen LogP contribution in [0.25, 0.3) is 23.1 Å². The third-order valence-electron chi connectivity index (χ3n) is 7.01. The summed E-state index contributed by atoms with van der Waals surface area (Å²) in [6, 6.07) is 11.6. The van der Waals surface area contributed by atoms with Crippen molar-refractivity contribution in [2.24, 2.45) is 0 Å². The van der Waals surface area contributed by atoms with E-state index in [0.717, 1.165) is 17.2 Å². The van der Waals surface area contributed by atoms with E-state index in [-0.39, 0.29) is 30.3 Å². The number of halogens is 4. The van der Waals surface area contributed by atoms with Crippen molar-refractivity contribution in [3.63, 3.8) is 0 Å². The number of nitrogens with zero attached hydrogens (tertiary/aromatic N) is 1. The number of unbranched alkanes of at least 4 members (excludes halogenated alkanes) is 1. The van der Waals surface area contributed by atoms with E-state index < -0.39 is 29.4 Å². The summed E-state index contributed by atoms with van der Waals surface area (Å²) in [5, 5.41) is 18.9. The topological polar surface area (TPSA) is 98.0 Å². The Balaban J connectivity index is 1.40. The summed E-state index contributed by atoms with van der Waals surface area (Å²) in [6.45, 7) is 2.04.